The summed E-state index contributed by atoms with van der Waals surface area (Å²) in [4.78, 5) is 37.8. The molecule has 35 atom stereocenters. The molecule has 27 nitrogen and oxygen atoms in total. The third-order valence-corrected chi connectivity index (χ3v) is 24.8. The molecule has 4 aliphatic carbocycles. The lowest BCUT2D eigenvalue weighted by Crippen LogP contribution is -2.62. The predicted octanol–water partition coefficient (Wildman–Crippen LogP) is 6.73. The Morgan fingerprint density at radius 3 is 1.80 bits per heavy atom. The fourth-order valence-electron chi connectivity index (χ4n) is 19.4. The van der Waals surface area contributed by atoms with Gasteiger partial charge < -0.3 is 110 Å². The van der Waals surface area contributed by atoms with Crippen LogP contribution in [0, 0.1) is 28.6 Å². The highest BCUT2D eigenvalue weighted by Gasteiger charge is 2.66. The van der Waals surface area contributed by atoms with Gasteiger partial charge in [-0.3, -0.25) is 9.59 Å². The molecule has 0 aromatic carbocycles. The Bertz CT molecular complexity index is 2800. The Morgan fingerprint density at radius 2 is 1.21 bits per heavy atom. The predicted molar refractivity (Wildman–Crippen MR) is 345 cm³/mol. The number of allylic oxidation sites excluding steroid dienone is 1. The lowest BCUT2D eigenvalue weighted by molar-refractivity contribution is -0.472. The molecule has 0 radical (unpaired) electrons. The Labute approximate surface area is 583 Å². The van der Waals surface area contributed by atoms with Crippen molar-refractivity contribution in [2.75, 3.05) is 49.3 Å². The van der Waals surface area contributed by atoms with E-state index in [4.69, 9.17) is 109 Å². The van der Waals surface area contributed by atoms with Crippen LogP contribution in [0.5, 0.6) is 0 Å². The second-order valence-corrected chi connectivity index (χ2v) is 30.7. The molecule has 0 bridgehead atoms. The van der Waals surface area contributed by atoms with Gasteiger partial charge in [-0.2, -0.15) is 4.89 Å². The maximum absolute atomic E-state index is 13.1. The second kappa shape index (κ2) is 31.1. The van der Waals surface area contributed by atoms with Crippen molar-refractivity contribution in [1.29, 1.82) is 0 Å². The van der Waals surface area contributed by atoms with Crippen molar-refractivity contribution < 1.29 is 129 Å². The lowest BCUT2D eigenvalue weighted by atomic mass is 9.46. The molecule has 1 spiro atoms. The number of carbonyl (C=O) groups excluding carboxylic acids is 2. The largest absolute Gasteiger partial charge is 0.493 e. The van der Waals surface area contributed by atoms with Crippen molar-refractivity contribution >= 4 is 11.8 Å². The maximum Gasteiger partial charge on any atom is 0.303 e. The van der Waals surface area contributed by atoms with Gasteiger partial charge in [0.1, 0.15) is 49.3 Å². The van der Waals surface area contributed by atoms with Crippen molar-refractivity contribution in [2.45, 2.75) is 343 Å². The van der Waals surface area contributed by atoms with E-state index in [-0.39, 0.29) is 54.0 Å². The first-order chi connectivity index (χ1) is 47.2. The molecule has 99 heavy (non-hydrogen) atoms. The third-order valence-electron chi connectivity index (χ3n) is 24.8. The summed E-state index contributed by atoms with van der Waals surface area (Å²) in [5, 5.41) is 23.8. The minimum atomic E-state index is -1.34. The van der Waals surface area contributed by atoms with E-state index >= 15 is 0 Å². The van der Waals surface area contributed by atoms with Crippen molar-refractivity contribution in [1.82, 2.24) is 0 Å². The van der Waals surface area contributed by atoms with Crippen LogP contribution in [0.25, 0.3) is 0 Å². The number of esters is 1. The van der Waals surface area contributed by atoms with Gasteiger partial charge in [0.05, 0.1) is 98.2 Å². The van der Waals surface area contributed by atoms with Crippen molar-refractivity contribution in [3.63, 3.8) is 0 Å². The fourth-order valence-corrected chi connectivity index (χ4v) is 19.4. The highest BCUT2D eigenvalue weighted by Crippen LogP contribution is 2.68. The first-order valence-electron chi connectivity index (χ1n) is 36.4. The van der Waals surface area contributed by atoms with E-state index in [2.05, 4.69) is 19.9 Å². The van der Waals surface area contributed by atoms with Crippen LogP contribution in [-0.4, -0.2) is 255 Å². The first kappa shape index (κ1) is 76.2. The number of hydrogen-bond donors (Lipinski definition) is 2. The molecule has 35 unspecified atom stereocenters. The smallest absolute Gasteiger partial charge is 0.303 e. The summed E-state index contributed by atoms with van der Waals surface area (Å²) in [6.45, 7) is 21.1. The van der Waals surface area contributed by atoms with Gasteiger partial charge in [-0.15, -0.1) is 0 Å². The molecule has 0 amide bonds. The van der Waals surface area contributed by atoms with Gasteiger partial charge in [-0.1, -0.05) is 25.5 Å². The highest BCUT2D eigenvalue weighted by molar-refractivity contribution is 5.96. The SMILES string of the molecule is COC1=CC(C)OC(OC2CCC3(C)C(=CCC4C3CCC3(C)C4CCC3(O)C(C)OC3CC4OCC5(CC(OC)C(OC6CC(OC)C(OC7CC(OC)C(OC8CC(OC)C(OC9OC(C)C(O)C(OC)C9OC(C)=O)C(C)O8)C(C)O7)C(C)O6)C(C)O5)OOC4C(C)O3)C2)C1=O. The molecule has 0 aromatic rings. The van der Waals surface area contributed by atoms with E-state index in [0.29, 0.717) is 43.4 Å². The molecule has 12 rings (SSSR count). The molecule has 8 heterocycles. The highest BCUT2D eigenvalue weighted by atomic mass is 17.2. The summed E-state index contributed by atoms with van der Waals surface area (Å²) in [6.07, 6.45) is -5.01. The number of methoxy groups -OCH3 is 6. The van der Waals surface area contributed by atoms with Crippen LogP contribution in [-0.2, 0) is 119 Å². The third kappa shape index (κ3) is 15.1. The Balaban J connectivity index is 0.606. The number of Topliss-reactive ketones (excluding diaryl/α,β-unsaturated/α-hetero) is 1. The molecule has 10 fully saturated rings. The Kier molecular flexibility index (Phi) is 24.0. The average molecular weight is 1410 g/mol. The monoisotopic (exact) mass is 1410 g/mol. The number of ether oxygens (including phenoxy) is 21. The maximum atomic E-state index is 13.1. The van der Waals surface area contributed by atoms with Crippen LogP contribution in [0.4, 0.5) is 0 Å². The summed E-state index contributed by atoms with van der Waals surface area (Å²) in [5.74, 6) is -0.675. The van der Waals surface area contributed by atoms with Crippen LogP contribution in [0.15, 0.2) is 23.5 Å². The molecular weight excluding hydrogens is 1300 g/mol. The molecular formula is C72H114O27. The number of ketones is 1. The van der Waals surface area contributed by atoms with Crippen LogP contribution in [0.3, 0.4) is 0 Å². The summed E-state index contributed by atoms with van der Waals surface area (Å²) >= 11 is 0. The second-order valence-electron chi connectivity index (χ2n) is 30.7. The number of fused-ring (bicyclic) bond motifs is 6. The summed E-state index contributed by atoms with van der Waals surface area (Å²) in [5.41, 5.74) is -0.0154. The van der Waals surface area contributed by atoms with Gasteiger partial charge in [0.15, 0.2) is 43.3 Å². The molecule has 12 aliphatic rings. The standard InChI is InChI=1S/C72H114O27/c1-34-26-48(77-12)59(75)67(84-34)92-44-20-23-69(10)43(27-44)18-19-45-46(69)21-24-70(11)47(45)22-25-72(70,76)41(8)90-54-31-52-64(39(6)88-54)98-99-71(33-83-52)32-53(81-16)63(40(7)97-71)95-57-29-50(79-14)61(37(4)86-57)93-55-28-49(78-13)60(36(3)85-55)94-56-30-51(80-15)62(38(5)87-56)96-68-66(91-42(9)73)65(82-17)58(74)35(2)89-68/h18,26,34-41,44-47,49-58,60-68,74,76H,19-25,27-33H2,1-17H3. The normalized spacial score (nSPS) is 50.6. The van der Waals surface area contributed by atoms with Gasteiger partial charge in [0.25, 0.3) is 5.78 Å². The number of hydrogen-bond acceptors (Lipinski definition) is 27. The van der Waals surface area contributed by atoms with E-state index in [1.54, 1.807) is 41.4 Å². The average Bonchev–Trinajstić information content (AvgIpc) is 1.61. The molecule has 7 saturated heterocycles. The fraction of sp³-hybridized carbons (Fsp3) is 0.917. The Morgan fingerprint density at radius 1 is 0.626 bits per heavy atom. The van der Waals surface area contributed by atoms with Crippen molar-refractivity contribution in [3.8, 4) is 0 Å². The number of rotatable bonds is 20. The topological polar surface area (TPSA) is 287 Å². The minimum absolute atomic E-state index is 0.0143. The molecule has 564 valence electrons. The molecule has 8 aliphatic heterocycles. The van der Waals surface area contributed by atoms with Crippen molar-refractivity contribution in [3.05, 3.63) is 23.5 Å². The minimum Gasteiger partial charge on any atom is -0.493 e. The van der Waals surface area contributed by atoms with Gasteiger partial charge in [-0.05, 0) is 136 Å². The number of carbonyl (C=O) groups is 2. The summed E-state index contributed by atoms with van der Waals surface area (Å²) < 4.78 is 132. The zero-order valence-corrected chi connectivity index (χ0v) is 61.1. The van der Waals surface area contributed by atoms with Crippen LogP contribution in [0.2, 0.25) is 0 Å². The number of aliphatic hydroxyl groups is 2. The number of aliphatic hydroxyl groups excluding tert-OH is 1. The van der Waals surface area contributed by atoms with E-state index in [1.165, 1.54) is 26.7 Å². The van der Waals surface area contributed by atoms with E-state index in [0.717, 1.165) is 44.9 Å². The summed E-state index contributed by atoms with van der Waals surface area (Å²) in [7, 11) is 9.40. The van der Waals surface area contributed by atoms with Crippen LogP contribution >= 0.6 is 0 Å². The van der Waals surface area contributed by atoms with Crippen molar-refractivity contribution in [2.24, 2.45) is 28.6 Å². The molecule has 0 aromatic heterocycles. The van der Waals surface area contributed by atoms with Gasteiger partial charge in [0, 0.05) is 80.0 Å². The molecule has 3 saturated carbocycles. The Hall–Kier alpha value is -2.50. The zero-order valence-electron chi connectivity index (χ0n) is 61.1. The van der Waals surface area contributed by atoms with E-state index in [9.17, 15) is 19.8 Å². The lowest BCUT2D eigenvalue weighted by Gasteiger charge is -2.59. The van der Waals surface area contributed by atoms with E-state index < -0.39 is 177 Å². The van der Waals surface area contributed by atoms with Gasteiger partial charge >= 0.3 is 5.97 Å². The van der Waals surface area contributed by atoms with Crippen LogP contribution < -0.4 is 0 Å². The summed E-state index contributed by atoms with van der Waals surface area (Å²) in [6, 6.07) is 0. The van der Waals surface area contributed by atoms with Crippen LogP contribution in [0.1, 0.15) is 160 Å². The van der Waals surface area contributed by atoms with Gasteiger partial charge in [-0.25, -0.2) is 4.89 Å². The van der Waals surface area contributed by atoms with E-state index in [1.807, 2.05) is 48.5 Å². The quantitative estimate of drug-likeness (QED) is 0.0726. The molecule has 27 heteroatoms. The first-order valence-corrected chi connectivity index (χ1v) is 36.4. The molecule has 2 N–H and O–H groups in total. The van der Waals surface area contributed by atoms with Gasteiger partial charge in [0.2, 0.25) is 12.1 Å². The zero-order chi connectivity index (χ0) is 70.8.